The van der Waals surface area contributed by atoms with Crippen LogP contribution in [0, 0.1) is 12.8 Å². The first-order valence-electron chi connectivity index (χ1n) is 7.52. The second kappa shape index (κ2) is 6.27. The van der Waals surface area contributed by atoms with Gasteiger partial charge in [-0.1, -0.05) is 17.3 Å². The normalized spacial score (nSPS) is 17.9. The minimum atomic E-state index is 0.0325. The number of aromatic nitrogens is 2. The van der Waals surface area contributed by atoms with Gasteiger partial charge in [-0.05, 0) is 45.0 Å². The molecular formula is C16H20N4O2. The zero-order chi connectivity index (χ0) is 15.5. The van der Waals surface area contributed by atoms with E-state index in [1.54, 1.807) is 6.92 Å². The van der Waals surface area contributed by atoms with Crippen molar-refractivity contribution in [3.05, 3.63) is 35.7 Å². The van der Waals surface area contributed by atoms with Crippen LogP contribution in [0.1, 0.15) is 22.6 Å². The molecule has 1 fully saturated rings. The summed E-state index contributed by atoms with van der Waals surface area (Å²) in [4.78, 5) is 19.0. The summed E-state index contributed by atoms with van der Waals surface area (Å²) in [5.41, 5.74) is 1.32. The second-order valence-electron chi connectivity index (χ2n) is 5.66. The molecular weight excluding hydrogens is 280 g/mol. The largest absolute Gasteiger partial charge is 0.338 e. The Morgan fingerprint density at radius 2 is 2.27 bits per heavy atom. The van der Waals surface area contributed by atoms with Gasteiger partial charge in [0.15, 0.2) is 5.82 Å². The molecule has 2 aromatic rings. The van der Waals surface area contributed by atoms with Crippen LogP contribution < -0.4 is 5.32 Å². The molecule has 0 spiro atoms. The number of carbonyl (C=O) groups excluding carboxylic acids is 1. The monoisotopic (exact) mass is 300 g/mol. The van der Waals surface area contributed by atoms with Crippen LogP contribution in [0.15, 0.2) is 28.8 Å². The fourth-order valence-electron chi connectivity index (χ4n) is 2.91. The number of aryl methyl sites for hydroxylation is 1. The summed E-state index contributed by atoms with van der Waals surface area (Å²) in [5.74, 6) is 1.51. The predicted molar refractivity (Wildman–Crippen MR) is 82.4 cm³/mol. The minimum absolute atomic E-state index is 0.0325. The van der Waals surface area contributed by atoms with E-state index in [1.807, 2.05) is 36.2 Å². The van der Waals surface area contributed by atoms with Crippen molar-refractivity contribution in [1.82, 2.24) is 20.4 Å². The molecule has 116 valence electrons. The van der Waals surface area contributed by atoms with Gasteiger partial charge < -0.3 is 14.7 Å². The second-order valence-corrected chi connectivity index (χ2v) is 5.66. The lowest BCUT2D eigenvalue weighted by Crippen LogP contribution is -2.30. The maximum absolute atomic E-state index is 12.8. The number of hydrogen-bond acceptors (Lipinski definition) is 5. The number of carbonyl (C=O) groups is 1. The fourth-order valence-corrected chi connectivity index (χ4v) is 2.91. The van der Waals surface area contributed by atoms with Gasteiger partial charge in [-0.3, -0.25) is 4.79 Å². The molecule has 1 aromatic heterocycles. The molecule has 1 aliphatic rings. The van der Waals surface area contributed by atoms with E-state index in [0.29, 0.717) is 28.8 Å². The Balaban J connectivity index is 1.84. The van der Waals surface area contributed by atoms with Crippen LogP contribution in [0.2, 0.25) is 0 Å². The van der Waals surface area contributed by atoms with E-state index in [0.717, 1.165) is 26.1 Å². The van der Waals surface area contributed by atoms with E-state index < -0.39 is 0 Å². The summed E-state index contributed by atoms with van der Waals surface area (Å²) in [6.45, 7) is 4.29. The van der Waals surface area contributed by atoms with Crippen LogP contribution in [-0.2, 0) is 0 Å². The molecule has 0 aliphatic carbocycles. The van der Waals surface area contributed by atoms with Gasteiger partial charge in [-0.15, -0.1) is 0 Å². The number of amides is 1. The van der Waals surface area contributed by atoms with E-state index in [2.05, 4.69) is 15.5 Å². The zero-order valence-corrected chi connectivity index (χ0v) is 12.9. The lowest BCUT2D eigenvalue weighted by Gasteiger charge is -2.17. The molecule has 6 nitrogen and oxygen atoms in total. The van der Waals surface area contributed by atoms with E-state index in [1.165, 1.54) is 0 Å². The van der Waals surface area contributed by atoms with Gasteiger partial charge in [0, 0.05) is 13.1 Å². The molecule has 0 unspecified atom stereocenters. The number of likely N-dealkylation sites (tertiary alicyclic amines) is 1. The highest BCUT2D eigenvalue weighted by Crippen LogP contribution is 2.25. The maximum atomic E-state index is 12.8. The molecule has 1 saturated heterocycles. The van der Waals surface area contributed by atoms with Crippen molar-refractivity contribution in [3.63, 3.8) is 0 Å². The average Bonchev–Trinajstić information content (AvgIpc) is 3.16. The summed E-state index contributed by atoms with van der Waals surface area (Å²) < 4.78 is 5.22. The van der Waals surface area contributed by atoms with Gasteiger partial charge >= 0.3 is 0 Å². The molecule has 6 heteroatoms. The molecule has 1 amide bonds. The Morgan fingerprint density at radius 1 is 1.45 bits per heavy atom. The third-order valence-corrected chi connectivity index (χ3v) is 3.98. The Morgan fingerprint density at radius 3 is 3.00 bits per heavy atom. The first kappa shape index (κ1) is 14.7. The third-order valence-electron chi connectivity index (χ3n) is 3.98. The van der Waals surface area contributed by atoms with Crippen LogP contribution in [0.5, 0.6) is 0 Å². The minimum Gasteiger partial charge on any atom is -0.338 e. The van der Waals surface area contributed by atoms with Crippen molar-refractivity contribution < 1.29 is 9.32 Å². The van der Waals surface area contributed by atoms with Crippen LogP contribution in [0.25, 0.3) is 11.5 Å². The molecule has 2 heterocycles. The third kappa shape index (κ3) is 2.87. The van der Waals surface area contributed by atoms with Crippen LogP contribution in [0.4, 0.5) is 0 Å². The quantitative estimate of drug-likeness (QED) is 0.931. The van der Waals surface area contributed by atoms with Gasteiger partial charge in [0.25, 0.3) is 11.8 Å². The summed E-state index contributed by atoms with van der Waals surface area (Å²) in [7, 11) is 1.94. The predicted octanol–water partition coefficient (Wildman–Crippen LogP) is 1.73. The highest BCUT2D eigenvalue weighted by molar-refractivity contribution is 6.00. The Bertz CT molecular complexity index is 668. The van der Waals surface area contributed by atoms with Crippen molar-refractivity contribution in [1.29, 1.82) is 0 Å². The number of nitrogens with zero attached hydrogens (tertiary/aromatic N) is 3. The van der Waals surface area contributed by atoms with E-state index in [9.17, 15) is 4.79 Å². The Labute approximate surface area is 129 Å². The number of hydrogen-bond donors (Lipinski definition) is 1. The summed E-state index contributed by atoms with van der Waals surface area (Å²) in [6.07, 6.45) is 1.04. The maximum Gasteiger partial charge on any atom is 0.258 e. The van der Waals surface area contributed by atoms with Gasteiger partial charge in [-0.2, -0.15) is 4.98 Å². The van der Waals surface area contributed by atoms with Gasteiger partial charge in [0.1, 0.15) is 0 Å². The molecule has 0 saturated carbocycles. The SMILES string of the molecule is CNC[C@@H]1CCN(C(=O)c2ccccc2-c2nc(C)no2)C1. The van der Waals surface area contributed by atoms with Crippen LogP contribution in [0.3, 0.4) is 0 Å². The molecule has 0 radical (unpaired) electrons. The Hall–Kier alpha value is -2.21. The highest BCUT2D eigenvalue weighted by atomic mass is 16.5. The lowest BCUT2D eigenvalue weighted by molar-refractivity contribution is 0.0787. The lowest BCUT2D eigenvalue weighted by atomic mass is 10.1. The summed E-state index contributed by atoms with van der Waals surface area (Å²) in [5, 5.41) is 6.99. The van der Waals surface area contributed by atoms with E-state index >= 15 is 0 Å². The highest BCUT2D eigenvalue weighted by Gasteiger charge is 2.28. The first-order valence-corrected chi connectivity index (χ1v) is 7.52. The average molecular weight is 300 g/mol. The Kier molecular flexibility index (Phi) is 4.20. The van der Waals surface area contributed by atoms with Crippen molar-refractivity contribution in [2.45, 2.75) is 13.3 Å². The molecule has 1 atom stereocenters. The van der Waals surface area contributed by atoms with Gasteiger partial charge in [0.05, 0.1) is 11.1 Å². The fraction of sp³-hybridized carbons (Fsp3) is 0.438. The topological polar surface area (TPSA) is 71.3 Å². The van der Waals surface area contributed by atoms with Crippen molar-refractivity contribution >= 4 is 5.91 Å². The zero-order valence-electron chi connectivity index (χ0n) is 12.9. The van der Waals surface area contributed by atoms with E-state index in [-0.39, 0.29) is 5.91 Å². The number of nitrogens with one attached hydrogen (secondary N) is 1. The summed E-state index contributed by atoms with van der Waals surface area (Å²) >= 11 is 0. The first-order chi connectivity index (χ1) is 10.7. The molecule has 1 aromatic carbocycles. The smallest absolute Gasteiger partial charge is 0.258 e. The van der Waals surface area contributed by atoms with Crippen molar-refractivity contribution in [2.24, 2.45) is 5.92 Å². The van der Waals surface area contributed by atoms with Crippen molar-refractivity contribution in [2.75, 3.05) is 26.7 Å². The molecule has 3 rings (SSSR count). The van der Waals surface area contributed by atoms with Crippen LogP contribution >= 0.6 is 0 Å². The van der Waals surface area contributed by atoms with Gasteiger partial charge in [0.2, 0.25) is 0 Å². The van der Waals surface area contributed by atoms with Gasteiger partial charge in [-0.25, -0.2) is 0 Å². The summed E-state index contributed by atoms with van der Waals surface area (Å²) in [6, 6.07) is 7.41. The molecule has 1 aliphatic heterocycles. The van der Waals surface area contributed by atoms with Crippen molar-refractivity contribution in [3.8, 4) is 11.5 Å². The molecule has 22 heavy (non-hydrogen) atoms. The van der Waals surface area contributed by atoms with Crippen LogP contribution in [-0.4, -0.2) is 47.6 Å². The molecule has 0 bridgehead atoms. The number of rotatable bonds is 4. The molecule has 1 N–H and O–H groups in total. The van der Waals surface area contributed by atoms with E-state index in [4.69, 9.17) is 4.52 Å². The standard InChI is InChI=1S/C16H20N4O2/c1-11-18-15(22-19-11)13-5-3-4-6-14(13)16(21)20-8-7-12(10-20)9-17-2/h3-6,12,17H,7-10H2,1-2H3/t12-/m0/s1. The number of benzene rings is 1.